The number of rotatable bonds is 3. The van der Waals surface area contributed by atoms with Crippen LogP contribution in [0.3, 0.4) is 0 Å². The molecule has 0 unspecified atom stereocenters. The molecule has 9 heteroatoms. The number of hydrogen-bond acceptors (Lipinski definition) is 5. The lowest BCUT2D eigenvalue weighted by molar-refractivity contribution is -0.384. The highest BCUT2D eigenvalue weighted by Crippen LogP contribution is 2.33. The zero-order chi connectivity index (χ0) is 14.0. The van der Waals surface area contributed by atoms with Crippen molar-refractivity contribution in [1.82, 2.24) is 9.97 Å². The summed E-state index contributed by atoms with van der Waals surface area (Å²) in [4.78, 5) is 17.3. The third-order valence-electron chi connectivity index (χ3n) is 2.14. The smallest absolute Gasteiger partial charge is 0.333 e. The Morgan fingerprint density at radius 3 is 2.74 bits per heavy atom. The van der Waals surface area contributed by atoms with Crippen molar-refractivity contribution >= 4 is 40.4 Å². The SMILES string of the molecule is O=[N+]([O-])c1c(Cl)ncnc1Nc1cc(F)ccc1Cl. The van der Waals surface area contributed by atoms with E-state index >= 15 is 0 Å². The maximum atomic E-state index is 13.1. The molecule has 6 nitrogen and oxygen atoms in total. The Hall–Kier alpha value is -1.99. The van der Waals surface area contributed by atoms with Gasteiger partial charge in [0, 0.05) is 0 Å². The molecular formula is C10H5Cl2FN4O2. The van der Waals surface area contributed by atoms with Crippen molar-refractivity contribution in [2.75, 3.05) is 5.32 Å². The summed E-state index contributed by atoms with van der Waals surface area (Å²) in [6.07, 6.45) is 1.05. The topological polar surface area (TPSA) is 81.0 Å². The zero-order valence-corrected chi connectivity index (χ0v) is 10.6. The Bertz CT molecular complexity index is 653. The molecule has 0 spiro atoms. The molecule has 1 aromatic heterocycles. The summed E-state index contributed by atoms with van der Waals surface area (Å²) in [6.45, 7) is 0. The van der Waals surface area contributed by atoms with Crippen molar-refractivity contribution < 1.29 is 9.31 Å². The van der Waals surface area contributed by atoms with E-state index in [1.54, 1.807) is 0 Å². The highest BCUT2D eigenvalue weighted by molar-refractivity contribution is 6.33. The number of nitrogens with zero attached hydrogens (tertiary/aromatic N) is 3. The second-order valence-corrected chi connectivity index (χ2v) is 4.13. The van der Waals surface area contributed by atoms with E-state index in [2.05, 4.69) is 15.3 Å². The van der Waals surface area contributed by atoms with Gasteiger partial charge >= 0.3 is 5.69 Å². The van der Waals surface area contributed by atoms with Crippen LogP contribution in [-0.2, 0) is 0 Å². The Kier molecular flexibility index (Phi) is 3.77. The van der Waals surface area contributed by atoms with Crippen LogP contribution in [-0.4, -0.2) is 14.9 Å². The van der Waals surface area contributed by atoms with Crippen molar-refractivity contribution in [2.45, 2.75) is 0 Å². The average Bonchev–Trinajstić information content (AvgIpc) is 2.33. The predicted molar refractivity (Wildman–Crippen MR) is 68.4 cm³/mol. The van der Waals surface area contributed by atoms with E-state index in [1.165, 1.54) is 6.07 Å². The quantitative estimate of drug-likeness (QED) is 0.532. The lowest BCUT2D eigenvalue weighted by Gasteiger charge is -2.08. The van der Waals surface area contributed by atoms with Crippen LogP contribution in [0.4, 0.5) is 21.6 Å². The van der Waals surface area contributed by atoms with Crippen LogP contribution in [0.25, 0.3) is 0 Å². The minimum atomic E-state index is -0.738. The summed E-state index contributed by atoms with van der Waals surface area (Å²) >= 11 is 11.5. The fraction of sp³-hybridized carbons (Fsp3) is 0. The third-order valence-corrected chi connectivity index (χ3v) is 2.75. The number of hydrogen-bond donors (Lipinski definition) is 1. The molecule has 0 amide bonds. The Morgan fingerprint density at radius 1 is 1.32 bits per heavy atom. The molecule has 0 aliphatic rings. The molecule has 0 bridgehead atoms. The molecule has 2 rings (SSSR count). The first kappa shape index (κ1) is 13.4. The maximum Gasteiger partial charge on any atom is 0.348 e. The number of benzene rings is 1. The van der Waals surface area contributed by atoms with Crippen LogP contribution in [0.2, 0.25) is 10.2 Å². The van der Waals surface area contributed by atoms with Crippen molar-refractivity contribution in [3.05, 3.63) is 50.6 Å². The molecule has 0 fully saturated rings. The van der Waals surface area contributed by atoms with Gasteiger partial charge in [-0.25, -0.2) is 14.4 Å². The van der Waals surface area contributed by atoms with Gasteiger partial charge in [-0.1, -0.05) is 23.2 Å². The highest BCUT2D eigenvalue weighted by Gasteiger charge is 2.22. The van der Waals surface area contributed by atoms with E-state index in [4.69, 9.17) is 23.2 Å². The van der Waals surface area contributed by atoms with Crippen molar-refractivity contribution in [1.29, 1.82) is 0 Å². The molecule has 19 heavy (non-hydrogen) atoms. The summed E-state index contributed by atoms with van der Waals surface area (Å²) in [5.74, 6) is -0.716. The Morgan fingerprint density at radius 2 is 2.05 bits per heavy atom. The third kappa shape index (κ3) is 2.88. The molecule has 1 aromatic carbocycles. The lowest BCUT2D eigenvalue weighted by atomic mass is 10.3. The largest absolute Gasteiger partial charge is 0.348 e. The van der Waals surface area contributed by atoms with Crippen molar-refractivity contribution in [3.63, 3.8) is 0 Å². The fourth-order valence-electron chi connectivity index (χ4n) is 1.33. The summed E-state index contributed by atoms with van der Waals surface area (Å²) in [6, 6.07) is 3.56. The summed E-state index contributed by atoms with van der Waals surface area (Å²) in [5, 5.41) is 13.3. The van der Waals surface area contributed by atoms with Gasteiger partial charge in [-0.3, -0.25) is 10.1 Å². The van der Waals surface area contributed by atoms with Crippen molar-refractivity contribution in [2.24, 2.45) is 0 Å². The number of nitro groups is 1. The minimum Gasteiger partial charge on any atom is -0.333 e. The van der Waals surface area contributed by atoms with Crippen LogP contribution in [0.1, 0.15) is 0 Å². The molecule has 98 valence electrons. The van der Waals surface area contributed by atoms with Crippen LogP contribution in [0.5, 0.6) is 0 Å². The van der Waals surface area contributed by atoms with E-state index in [0.717, 1.165) is 18.5 Å². The molecular weight excluding hydrogens is 298 g/mol. The summed E-state index contributed by atoms with van der Waals surface area (Å²) in [7, 11) is 0. The number of aromatic nitrogens is 2. The van der Waals surface area contributed by atoms with Gasteiger partial charge in [0.25, 0.3) is 0 Å². The number of nitrogens with one attached hydrogen (secondary N) is 1. The van der Waals surface area contributed by atoms with Gasteiger partial charge in [0.05, 0.1) is 15.6 Å². The van der Waals surface area contributed by atoms with Crippen LogP contribution in [0.15, 0.2) is 24.5 Å². The first-order chi connectivity index (χ1) is 8.99. The van der Waals surface area contributed by atoms with Gasteiger partial charge in [0.15, 0.2) is 0 Å². The fourth-order valence-corrected chi connectivity index (χ4v) is 1.70. The molecule has 0 saturated heterocycles. The van der Waals surface area contributed by atoms with E-state index in [9.17, 15) is 14.5 Å². The molecule has 0 atom stereocenters. The monoisotopic (exact) mass is 302 g/mol. The average molecular weight is 303 g/mol. The standard InChI is InChI=1S/C10H5Cl2FN4O2/c11-6-2-1-5(13)3-7(6)16-10-8(17(18)19)9(12)14-4-15-10/h1-4H,(H,14,15,16). The second-order valence-electron chi connectivity index (χ2n) is 3.37. The van der Waals surface area contributed by atoms with Crippen LogP contribution in [0, 0.1) is 15.9 Å². The van der Waals surface area contributed by atoms with E-state index in [0.29, 0.717) is 0 Å². The Balaban J connectivity index is 2.46. The second kappa shape index (κ2) is 5.33. The number of anilines is 2. The molecule has 0 radical (unpaired) electrons. The number of halogens is 3. The van der Waals surface area contributed by atoms with Gasteiger partial charge in [-0.05, 0) is 18.2 Å². The molecule has 0 aliphatic heterocycles. The zero-order valence-electron chi connectivity index (χ0n) is 9.10. The normalized spacial score (nSPS) is 10.3. The van der Waals surface area contributed by atoms with Crippen molar-refractivity contribution in [3.8, 4) is 0 Å². The highest BCUT2D eigenvalue weighted by atomic mass is 35.5. The van der Waals surface area contributed by atoms with Crippen LogP contribution < -0.4 is 5.32 Å². The summed E-state index contributed by atoms with van der Waals surface area (Å²) < 4.78 is 13.1. The Labute approximate surface area is 116 Å². The molecule has 2 aromatic rings. The van der Waals surface area contributed by atoms with E-state index in [1.807, 2.05) is 0 Å². The molecule has 1 heterocycles. The van der Waals surface area contributed by atoms with Gasteiger partial charge in [0.2, 0.25) is 11.0 Å². The molecule has 1 N–H and O–H groups in total. The van der Waals surface area contributed by atoms with Crippen LogP contribution >= 0.6 is 23.2 Å². The van der Waals surface area contributed by atoms with Gasteiger partial charge < -0.3 is 5.32 Å². The van der Waals surface area contributed by atoms with Gasteiger partial charge in [-0.15, -0.1) is 0 Å². The maximum absolute atomic E-state index is 13.1. The predicted octanol–water partition coefficient (Wildman–Crippen LogP) is 3.57. The minimum absolute atomic E-state index is 0.138. The first-order valence-corrected chi connectivity index (χ1v) is 5.61. The van der Waals surface area contributed by atoms with E-state index < -0.39 is 16.4 Å². The summed E-state index contributed by atoms with van der Waals surface area (Å²) in [5.41, 5.74) is -0.371. The van der Waals surface area contributed by atoms with Gasteiger partial charge in [-0.2, -0.15) is 0 Å². The van der Waals surface area contributed by atoms with Gasteiger partial charge in [0.1, 0.15) is 12.1 Å². The molecule has 0 saturated carbocycles. The first-order valence-electron chi connectivity index (χ1n) is 4.86. The van der Waals surface area contributed by atoms with E-state index in [-0.39, 0.29) is 21.7 Å². The molecule has 0 aliphatic carbocycles. The lowest BCUT2D eigenvalue weighted by Crippen LogP contribution is -2.02.